The number of carboxylic acids is 2. The van der Waals surface area contributed by atoms with Gasteiger partial charge in [-0.1, -0.05) is 6.42 Å². The lowest BCUT2D eigenvalue weighted by Gasteiger charge is -2.03. The van der Waals surface area contributed by atoms with Crippen LogP contribution in [-0.2, 0) is 19.7 Å². The van der Waals surface area contributed by atoms with E-state index in [1.165, 1.54) is 0 Å². The fourth-order valence-electron chi connectivity index (χ4n) is 0.764. The normalized spacial score (nSPS) is 12.2. The third kappa shape index (κ3) is 25.3. The van der Waals surface area contributed by atoms with Gasteiger partial charge in [-0.05, 0) is 12.8 Å². The van der Waals surface area contributed by atoms with Crippen molar-refractivity contribution in [3.63, 3.8) is 0 Å². The summed E-state index contributed by atoms with van der Waals surface area (Å²) in [5.41, 5.74) is 5.19. The van der Waals surface area contributed by atoms with Crippen LogP contribution < -0.4 is 5.73 Å². The highest BCUT2D eigenvalue weighted by atomic mass is 32.2. The smallest absolute Gasteiger partial charge is 0.320 e. The fourth-order valence-corrected chi connectivity index (χ4v) is 0.764. The Balaban J connectivity index is 0. The fraction of sp³-hybridized carbons (Fsp3) is 0.750. The zero-order valence-electron chi connectivity index (χ0n) is 9.37. The summed E-state index contributed by atoms with van der Waals surface area (Å²) in [5.74, 6) is -1.90. The molecule has 0 aromatic heterocycles. The van der Waals surface area contributed by atoms with Crippen molar-refractivity contribution in [2.45, 2.75) is 31.7 Å². The van der Waals surface area contributed by atoms with Gasteiger partial charge in [0.25, 0.3) is 10.1 Å². The molecule has 0 aromatic carbocycles. The quantitative estimate of drug-likeness (QED) is 0.374. The van der Waals surface area contributed by atoms with Crippen molar-refractivity contribution in [2.24, 2.45) is 5.73 Å². The molecule has 0 aromatic rings. The van der Waals surface area contributed by atoms with Gasteiger partial charge in [0, 0.05) is 6.42 Å². The molecule has 0 spiro atoms. The number of hydrogen-bond acceptors (Lipinski definition) is 5. The molecule has 17 heavy (non-hydrogen) atoms. The Morgan fingerprint density at radius 3 is 1.94 bits per heavy atom. The topological polar surface area (TPSA) is 155 Å². The number of carbonyl (C=O) groups is 2. The summed E-state index contributed by atoms with van der Waals surface area (Å²) in [6, 6.07) is -0.862. The van der Waals surface area contributed by atoms with Crippen LogP contribution in [0, 0.1) is 0 Å². The number of rotatable bonds is 6. The van der Waals surface area contributed by atoms with E-state index in [0.29, 0.717) is 25.5 Å². The maximum Gasteiger partial charge on any atom is 0.320 e. The molecule has 1 unspecified atom stereocenters. The van der Waals surface area contributed by atoms with Gasteiger partial charge in [-0.25, -0.2) is 0 Å². The third-order valence-electron chi connectivity index (χ3n) is 1.47. The van der Waals surface area contributed by atoms with Gasteiger partial charge >= 0.3 is 11.9 Å². The van der Waals surface area contributed by atoms with Gasteiger partial charge in [-0.15, -0.1) is 0 Å². The Morgan fingerprint density at radius 1 is 1.24 bits per heavy atom. The Morgan fingerprint density at radius 2 is 1.65 bits per heavy atom. The van der Waals surface area contributed by atoms with Crippen molar-refractivity contribution >= 4 is 22.1 Å². The SMILES string of the molecule is CS(=O)(=O)O.NC(CCCCC(=O)O)C(=O)O. The molecular formula is C8H17NO7S. The monoisotopic (exact) mass is 271 g/mol. The molecule has 0 rings (SSSR count). The van der Waals surface area contributed by atoms with Crippen LogP contribution in [-0.4, -0.2) is 47.4 Å². The van der Waals surface area contributed by atoms with E-state index >= 15 is 0 Å². The average molecular weight is 271 g/mol. The summed E-state index contributed by atoms with van der Waals surface area (Å²) in [5, 5.41) is 16.6. The van der Waals surface area contributed by atoms with Crippen molar-refractivity contribution in [3.8, 4) is 0 Å². The molecule has 0 radical (unpaired) electrons. The predicted octanol–water partition coefficient (Wildman–Crippen LogP) is -0.453. The summed E-state index contributed by atoms with van der Waals surface area (Å²) in [7, 11) is -3.67. The first-order valence-corrected chi connectivity index (χ1v) is 6.51. The molecule has 8 nitrogen and oxygen atoms in total. The third-order valence-corrected chi connectivity index (χ3v) is 1.47. The lowest BCUT2D eigenvalue weighted by atomic mass is 10.1. The Bertz CT molecular complexity index is 330. The predicted molar refractivity (Wildman–Crippen MR) is 59.2 cm³/mol. The molecule has 0 aliphatic carbocycles. The zero-order chi connectivity index (χ0) is 14.1. The molecule has 0 amide bonds. The molecule has 9 heteroatoms. The van der Waals surface area contributed by atoms with Gasteiger partial charge in [0.1, 0.15) is 6.04 Å². The maximum absolute atomic E-state index is 10.2. The molecule has 0 aliphatic rings. The van der Waals surface area contributed by atoms with Gasteiger partial charge in [0.05, 0.1) is 6.26 Å². The first kappa shape index (κ1) is 18.2. The van der Waals surface area contributed by atoms with Crippen molar-refractivity contribution in [1.82, 2.24) is 0 Å². The molecule has 102 valence electrons. The second-order valence-corrected chi connectivity index (χ2v) is 4.78. The van der Waals surface area contributed by atoms with Gasteiger partial charge in [0.2, 0.25) is 0 Å². The van der Waals surface area contributed by atoms with Crippen LogP contribution in [0.2, 0.25) is 0 Å². The lowest BCUT2D eigenvalue weighted by molar-refractivity contribution is -0.138. The van der Waals surface area contributed by atoms with Crippen LogP contribution >= 0.6 is 0 Å². The van der Waals surface area contributed by atoms with Gasteiger partial charge in [0.15, 0.2) is 0 Å². The maximum atomic E-state index is 10.2. The van der Waals surface area contributed by atoms with Crippen molar-refractivity contribution in [3.05, 3.63) is 0 Å². The summed E-state index contributed by atoms with van der Waals surface area (Å²) >= 11 is 0. The van der Waals surface area contributed by atoms with E-state index in [9.17, 15) is 18.0 Å². The second kappa shape index (κ2) is 8.90. The highest BCUT2D eigenvalue weighted by molar-refractivity contribution is 7.85. The Kier molecular flexibility index (Phi) is 9.52. The minimum absolute atomic E-state index is 0.0757. The molecule has 0 bridgehead atoms. The summed E-state index contributed by atoms with van der Waals surface area (Å²) in [6.45, 7) is 0. The van der Waals surface area contributed by atoms with Crippen molar-refractivity contribution in [2.75, 3.05) is 6.26 Å². The average Bonchev–Trinajstić information content (AvgIpc) is 2.08. The van der Waals surface area contributed by atoms with E-state index in [4.69, 9.17) is 20.5 Å². The number of unbranched alkanes of at least 4 members (excludes halogenated alkanes) is 1. The van der Waals surface area contributed by atoms with Crippen LogP contribution in [0.25, 0.3) is 0 Å². The van der Waals surface area contributed by atoms with E-state index in [1.54, 1.807) is 0 Å². The van der Waals surface area contributed by atoms with Crippen LogP contribution in [0.5, 0.6) is 0 Å². The van der Waals surface area contributed by atoms with Crippen LogP contribution in [0.15, 0.2) is 0 Å². The van der Waals surface area contributed by atoms with E-state index in [2.05, 4.69) is 0 Å². The van der Waals surface area contributed by atoms with Gasteiger partial charge < -0.3 is 15.9 Å². The van der Waals surface area contributed by atoms with E-state index < -0.39 is 28.1 Å². The molecule has 0 heterocycles. The Labute approximate surface area is 99.2 Å². The number of nitrogens with two attached hydrogens (primary N) is 1. The zero-order valence-corrected chi connectivity index (χ0v) is 10.2. The van der Waals surface area contributed by atoms with E-state index in [1.807, 2.05) is 0 Å². The Hall–Kier alpha value is -1.19. The molecule has 0 saturated heterocycles. The number of hydrogen-bond donors (Lipinski definition) is 4. The largest absolute Gasteiger partial charge is 0.481 e. The summed E-state index contributed by atoms with van der Waals surface area (Å²) < 4.78 is 25.9. The summed E-state index contributed by atoms with van der Waals surface area (Å²) in [6.07, 6.45) is 2.15. The van der Waals surface area contributed by atoms with Gasteiger partial charge in [-0.2, -0.15) is 8.42 Å². The highest BCUT2D eigenvalue weighted by Crippen LogP contribution is 2.02. The van der Waals surface area contributed by atoms with Crippen LogP contribution in [0.1, 0.15) is 25.7 Å². The minimum Gasteiger partial charge on any atom is -0.481 e. The van der Waals surface area contributed by atoms with Crippen LogP contribution in [0.3, 0.4) is 0 Å². The minimum atomic E-state index is -3.67. The number of aliphatic carboxylic acids is 2. The molecule has 0 aliphatic heterocycles. The van der Waals surface area contributed by atoms with E-state index in [-0.39, 0.29) is 6.42 Å². The summed E-state index contributed by atoms with van der Waals surface area (Å²) in [4.78, 5) is 20.2. The first-order chi connectivity index (χ1) is 7.54. The molecule has 5 N–H and O–H groups in total. The highest BCUT2D eigenvalue weighted by Gasteiger charge is 2.10. The molecule has 1 atom stereocenters. The standard InChI is InChI=1S/C7H13NO4.CH4O3S/c8-5(7(11)12)3-1-2-4-6(9)10;1-5(2,3)4/h5H,1-4,8H2,(H,9,10)(H,11,12);1H3,(H,2,3,4). The van der Waals surface area contributed by atoms with E-state index in [0.717, 1.165) is 0 Å². The van der Waals surface area contributed by atoms with Crippen molar-refractivity contribution < 1.29 is 32.8 Å². The number of carboxylic acid groups (broad SMARTS) is 2. The van der Waals surface area contributed by atoms with Crippen molar-refractivity contribution in [1.29, 1.82) is 0 Å². The molecular weight excluding hydrogens is 254 g/mol. The lowest BCUT2D eigenvalue weighted by Crippen LogP contribution is -2.29. The second-order valence-electron chi connectivity index (χ2n) is 3.32. The molecule has 0 saturated carbocycles. The molecule has 0 fully saturated rings. The first-order valence-electron chi connectivity index (χ1n) is 4.66. The van der Waals surface area contributed by atoms with Gasteiger partial charge in [-0.3, -0.25) is 14.1 Å². The van der Waals surface area contributed by atoms with Crippen LogP contribution in [0.4, 0.5) is 0 Å².